The van der Waals surface area contributed by atoms with E-state index >= 15 is 0 Å². The molecule has 3 heteroatoms. The van der Waals surface area contributed by atoms with Gasteiger partial charge in [0.1, 0.15) is 5.82 Å². The minimum atomic E-state index is 1.06. The first-order valence-corrected chi connectivity index (χ1v) is 4.25. The number of imidazole rings is 1. The third-order valence-corrected chi connectivity index (χ3v) is 2.01. The third kappa shape index (κ3) is 1.70. The lowest BCUT2D eigenvalue weighted by molar-refractivity contribution is 0.886. The van der Waals surface area contributed by atoms with Crippen LogP contribution in [-0.2, 0) is 7.05 Å². The Labute approximate surface area is 78.2 Å². The van der Waals surface area contributed by atoms with Gasteiger partial charge < -0.3 is 10.3 Å². The van der Waals surface area contributed by atoms with Crippen LogP contribution in [0.4, 0.5) is 0 Å². The molecule has 0 unspecified atom stereocenters. The van der Waals surface area contributed by atoms with E-state index in [0.717, 1.165) is 11.3 Å². The SMILES string of the molecule is CN.Cc1nc2ccccc2n1C. The van der Waals surface area contributed by atoms with Gasteiger partial charge in [0.05, 0.1) is 11.0 Å². The fourth-order valence-corrected chi connectivity index (χ4v) is 1.27. The maximum absolute atomic E-state index is 4.50. The third-order valence-electron chi connectivity index (χ3n) is 2.01. The molecular weight excluding hydrogens is 162 g/mol. The summed E-state index contributed by atoms with van der Waals surface area (Å²) >= 11 is 0. The zero-order valence-corrected chi connectivity index (χ0v) is 8.28. The van der Waals surface area contributed by atoms with Gasteiger partial charge in [-0.3, -0.25) is 0 Å². The Kier molecular flexibility index (Phi) is 3.03. The van der Waals surface area contributed by atoms with E-state index in [1.54, 1.807) is 0 Å². The first-order valence-electron chi connectivity index (χ1n) is 4.25. The molecule has 0 saturated carbocycles. The molecule has 70 valence electrons. The molecule has 0 aliphatic rings. The van der Waals surface area contributed by atoms with Gasteiger partial charge in [-0.05, 0) is 26.1 Å². The molecule has 0 fully saturated rings. The molecule has 0 bridgehead atoms. The van der Waals surface area contributed by atoms with Gasteiger partial charge >= 0.3 is 0 Å². The standard InChI is InChI=1S/C9H10N2.CH5N/c1-7-10-8-5-3-4-6-9(8)11(7)2;1-2/h3-6H,1-2H3;2H2,1H3. The van der Waals surface area contributed by atoms with E-state index in [0.29, 0.717) is 0 Å². The van der Waals surface area contributed by atoms with Crippen LogP contribution in [0.2, 0.25) is 0 Å². The number of benzene rings is 1. The highest BCUT2D eigenvalue weighted by Crippen LogP contribution is 2.12. The van der Waals surface area contributed by atoms with Gasteiger partial charge in [0.25, 0.3) is 0 Å². The molecular formula is C10H15N3. The second kappa shape index (κ2) is 4.05. The number of rotatable bonds is 0. The number of aromatic nitrogens is 2. The number of nitrogens with zero attached hydrogens (tertiary/aromatic N) is 2. The largest absolute Gasteiger partial charge is 0.333 e. The molecule has 0 amide bonds. The fourth-order valence-electron chi connectivity index (χ4n) is 1.27. The summed E-state index contributed by atoms with van der Waals surface area (Å²) in [5, 5.41) is 0. The molecule has 1 heterocycles. The van der Waals surface area contributed by atoms with Crippen LogP contribution in [0.25, 0.3) is 11.0 Å². The molecule has 0 spiro atoms. The van der Waals surface area contributed by atoms with E-state index in [2.05, 4.69) is 21.4 Å². The van der Waals surface area contributed by atoms with Crippen LogP contribution in [-0.4, -0.2) is 16.6 Å². The first-order chi connectivity index (χ1) is 6.29. The van der Waals surface area contributed by atoms with Gasteiger partial charge in [-0.1, -0.05) is 12.1 Å². The van der Waals surface area contributed by atoms with Crippen LogP contribution in [0.5, 0.6) is 0 Å². The van der Waals surface area contributed by atoms with Gasteiger partial charge in [-0.2, -0.15) is 0 Å². The Morgan fingerprint density at radius 1 is 1.23 bits per heavy atom. The fraction of sp³-hybridized carbons (Fsp3) is 0.300. The summed E-state index contributed by atoms with van der Waals surface area (Å²) < 4.78 is 2.09. The monoisotopic (exact) mass is 177 g/mol. The highest BCUT2D eigenvalue weighted by atomic mass is 15.0. The van der Waals surface area contributed by atoms with E-state index in [1.165, 1.54) is 12.6 Å². The van der Waals surface area contributed by atoms with E-state index in [-0.39, 0.29) is 0 Å². The van der Waals surface area contributed by atoms with Crippen LogP contribution in [0.1, 0.15) is 5.82 Å². The summed E-state index contributed by atoms with van der Waals surface area (Å²) in [7, 11) is 3.53. The second-order valence-corrected chi connectivity index (χ2v) is 2.71. The summed E-state index contributed by atoms with van der Waals surface area (Å²) in [6.45, 7) is 2.01. The molecule has 0 atom stereocenters. The molecule has 0 radical (unpaired) electrons. The number of nitrogens with two attached hydrogens (primary N) is 1. The average molecular weight is 177 g/mol. The van der Waals surface area contributed by atoms with Gasteiger partial charge in [0.15, 0.2) is 0 Å². The number of para-hydroxylation sites is 2. The van der Waals surface area contributed by atoms with Crippen LogP contribution < -0.4 is 5.73 Å². The summed E-state index contributed by atoms with van der Waals surface area (Å²) in [6.07, 6.45) is 0. The Bertz CT molecular complexity index is 390. The van der Waals surface area contributed by atoms with E-state index in [4.69, 9.17) is 0 Å². The number of hydrogen-bond acceptors (Lipinski definition) is 2. The Balaban J connectivity index is 0.000000396. The van der Waals surface area contributed by atoms with Crippen molar-refractivity contribution >= 4 is 11.0 Å². The van der Waals surface area contributed by atoms with Gasteiger partial charge in [-0.15, -0.1) is 0 Å². The zero-order valence-electron chi connectivity index (χ0n) is 8.28. The lowest BCUT2D eigenvalue weighted by atomic mass is 10.3. The van der Waals surface area contributed by atoms with Crippen molar-refractivity contribution in [1.82, 2.24) is 9.55 Å². The summed E-state index contributed by atoms with van der Waals surface area (Å²) in [6, 6.07) is 8.15. The number of fused-ring (bicyclic) bond motifs is 1. The molecule has 2 N–H and O–H groups in total. The Morgan fingerprint density at radius 3 is 2.46 bits per heavy atom. The lowest BCUT2D eigenvalue weighted by Crippen LogP contribution is -1.89. The van der Waals surface area contributed by atoms with Crippen molar-refractivity contribution in [2.45, 2.75) is 6.92 Å². The lowest BCUT2D eigenvalue weighted by Gasteiger charge is -1.93. The molecule has 1 aromatic carbocycles. The molecule has 0 aliphatic carbocycles. The van der Waals surface area contributed by atoms with Crippen molar-refractivity contribution in [3.05, 3.63) is 30.1 Å². The predicted octanol–water partition coefficient (Wildman–Crippen LogP) is 1.46. The highest BCUT2D eigenvalue weighted by Gasteiger charge is 2.00. The van der Waals surface area contributed by atoms with Crippen molar-refractivity contribution in [3.63, 3.8) is 0 Å². The molecule has 3 nitrogen and oxygen atoms in total. The topological polar surface area (TPSA) is 43.8 Å². The maximum atomic E-state index is 4.50. The molecule has 2 rings (SSSR count). The van der Waals surface area contributed by atoms with Crippen molar-refractivity contribution in [2.24, 2.45) is 12.8 Å². The van der Waals surface area contributed by atoms with E-state index in [1.807, 2.05) is 32.2 Å². The molecule has 13 heavy (non-hydrogen) atoms. The smallest absolute Gasteiger partial charge is 0.106 e. The number of hydrogen-bond donors (Lipinski definition) is 1. The second-order valence-electron chi connectivity index (χ2n) is 2.71. The first kappa shape index (κ1) is 9.74. The summed E-state index contributed by atoms with van der Waals surface area (Å²) in [4.78, 5) is 4.38. The quantitative estimate of drug-likeness (QED) is 0.662. The zero-order chi connectivity index (χ0) is 9.84. The van der Waals surface area contributed by atoms with Crippen LogP contribution in [0.3, 0.4) is 0 Å². The maximum Gasteiger partial charge on any atom is 0.106 e. The molecule has 0 aliphatic heterocycles. The van der Waals surface area contributed by atoms with Crippen molar-refractivity contribution in [1.29, 1.82) is 0 Å². The Hall–Kier alpha value is -1.35. The molecule has 1 aromatic heterocycles. The minimum Gasteiger partial charge on any atom is -0.333 e. The van der Waals surface area contributed by atoms with Gasteiger partial charge in [0.2, 0.25) is 0 Å². The van der Waals surface area contributed by atoms with Gasteiger partial charge in [0, 0.05) is 7.05 Å². The van der Waals surface area contributed by atoms with E-state index < -0.39 is 0 Å². The van der Waals surface area contributed by atoms with Crippen LogP contribution >= 0.6 is 0 Å². The highest BCUT2D eigenvalue weighted by molar-refractivity contribution is 5.75. The van der Waals surface area contributed by atoms with Gasteiger partial charge in [-0.25, -0.2) is 4.98 Å². The Morgan fingerprint density at radius 2 is 1.85 bits per heavy atom. The van der Waals surface area contributed by atoms with Crippen molar-refractivity contribution < 1.29 is 0 Å². The van der Waals surface area contributed by atoms with Crippen molar-refractivity contribution in [2.75, 3.05) is 7.05 Å². The molecule has 2 aromatic rings. The van der Waals surface area contributed by atoms with Crippen LogP contribution in [0.15, 0.2) is 24.3 Å². The molecule has 0 saturated heterocycles. The minimum absolute atomic E-state index is 1.06. The normalized spacial score (nSPS) is 9.54. The number of aryl methyl sites for hydroxylation is 2. The van der Waals surface area contributed by atoms with Crippen LogP contribution in [0, 0.1) is 6.92 Å². The van der Waals surface area contributed by atoms with Crippen molar-refractivity contribution in [3.8, 4) is 0 Å². The average Bonchev–Trinajstić information content (AvgIpc) is 2.47. The predicted molar refractivity (Wildman–Crippen MR) is 55.6 cm³/mol. The summed E-state index contributed by atoms with van der Waals surface area (Å²) in [5.74, 6) is 1.06. The van der Waals surface area contributed by atoms with E-state index in [9.17, 15) is 0 Å². The summed E-state index contributed by atoms with van der Waals surface area (Å²) in [5.41, 5.74) is 6.78.